The van der Waals surface area contributed by atoms with Gasteiger partial charge in [0.2, 0.25) is 5.91 Å². The highest BCUT2D eigenvalue weighted by Crippen LogP contribution is 2.23. The Hall–Kier alpha value is -1.11. The van der Waals surface area contributed by atoms with Crippen LogP contribution >= 0.6 is 11.6 Å². The molecular weight excluding hydrogens is 300 g/mol. The van der Waals surface area contributed by atoms with E-state index >= 15 is 0 Å². The van der Waals surface area contributed by atoms with Gasteiger partial charge in [0.1, 0.15) is 5.25 Å². The standard InChI is InChI=1S/C13H19ClN2O3S/c1-9(13(17)16-6-3-7-19-2)20(18)12-5-4-10(14)8-11(12)15/h4-5,8-9H,3,6-7,15H2,1-2H3,(H,16,17). The molecule has 1 rings (SSSR count). The first-order valence-corrected chi connectivity index (χ1v) is 7.78. The summed E-state index contributed by atoms with van der Waals surface area (Å²) in [5.41, 5.74) is 6.10. The van der Waals surface area contributed by atoms with Crippen molar-refractivity contribution in [3.8, 4) is 0 Å². The van der Waals surface area contributed by atoms with Crippen molar-refractivity contribution < 1.29 is 13.7 Å². The summed E-state index contributed by atoms with van der Waals surface area (Å²) in [5.74, 6) is -0.270. The van der Waals surface area contributed by atoms with Crippen molar-refractivity contribution >= 4 is 34.0 Å². The molecular formula is C13H19ClN2O3S. The normalized spacial score (nSPS) is 13.8. The summed E-state index contributed by atoms with van der Waals surface area (Å²) >= 11 is 5.79. The molecule has 0 bridgehead atoms. The Morgan fingerprint density at radius 3 is 2.85 bits per heavy atom. The summed E-state index contributed by atoms with van der Waals surface area (Å²) in [5, 5.41) is 2.51. The average Bonchev–Trinajstić information content (AvgIpc) is 2.42. The van der Waals surface area contributed by atoms with Crippen LogP contribution in [-0.4, -0.2) is 35.6 Å². The number of nitrogen functional groups attached to an aromatic ring is 1. The Kier molecular flexibility index (Phi) is 6.98. The lowest BCUT2D eigenvalue weighted by Gasteiger charge is -2.13. The molecule has 3 N–H and O–H groups in total. The predicted molar refractivity (Wildman–Crippen MR) is 81.2 cm³/mol. The van der Waals surface area contributed by atoms with E-state index in [2.05, 4.69) is 5.32 Å². The van der Waals surface area contributed by atoms with Crippen LogP contribution in [0.3, 0.4) is 0 Å². The second kappa shape index (κ2) is 8.24. The van der Waals surface area contributed by atoms with Gasteiger partial charge in [-0.25, -0.2) is 0 Å². The van der Waals surface area contributed by atoms with Crippen LogP contribution in [0, 0.1) is 0 Å². The molecule has 20 heavy (non-hydrogen) atoms. The molecule has 0 aliphatic heterocycles. The Morgan fingerprint density at radius 2 is 2.25 bits per heavy atom. The molecule has 2 unspecified atom stereocenters. The van der Waals surface area contributed by atoms with E-state index < -0.39 is 16.0 Å². The van der Waals surface area contributed by atoms with Crippen LogP contribution in [0.25, 0.3) is 0 Å². The van der Waals surface area contributed by atoms with Gasteiger partial charge in [-0.2, -0.15) is 0 Å². The van der Waals surface area contributed by atoms with E-state index in [1.165, 1.54) is 6.07 Å². The summed E-state index contributed by atoms with van der Waals surface area (Å²) < 4.78 is 17.2. The number of rotatable bonds is 7. The molecule has 5 nitrogen and oxygen atoms in total. The van der Waals surface area contributed by atoms with Crippen molar-refractivity contribution in [2.75, 3.05) is 26.0 Å². The van der Waals surface area contributed by atoms with E-state index in [1.54, 1.807) is 26.2 Å². The summed E-state index contributed by atoms with van der Waals surface area (Å²) in [4.78, 5) is 12.3. The minimum atomic E-state index is -1.51. The van der Waals surface area contributed by atoms with Gasteiger partial charge in [-0.15, -0.1) is 0 Å². The number of methoxy groups -OCH3 is 1. The third-order valence-electron chi connectivity index (χ3n) is 2.70. The number of carbonyl (C=O) groups is 1. The second-order valence-corrected chi connectivity index (χ2v) is 6.44. The number of amides is 1. The lowest BCUT2D eigenvalue weighted by Crippen LogP contribution is -2.36. The number of halogens is 1. The van der Waals surface area contributed by atoms with Gasteiger partial charge >= 0.3 is 0 Å². The molecule has 112 valence electrons. The molecule has 7 heteroatoms. The highest BCUT2D eigenvalue weighted by molar-refractivity contribution is 7.86. The van der Waals surface area contributed by atoms with Crippen molar-refractivity contribution in [1.82, 2.24) is 5.32 Å². The van der Waals surface area contributed by atoms with Crippen LogP contribution in [0.2, 0.25) is 5.02 Å². The Balaban J connectivity index is 2.64. The maximum Gasteiger partial charge on any atom is 0.235 e. The molecule has 0 aromatic heterocycles. The first-order valence-electron chi connectivity index (χ1n) is 6.19. The van der Waals surface area contributed by atoms with Crippen LogP contribution in [0.15, 0.2) is 23.1 Å². The molecule has 2 atom stereocenters. The third kappa shape index (κ3) is 4.77. The highest BCUT2D eigenvalue weighted by Gasteiger charge is 2.22. The number of anilines is 1. The van der Waals surface area contributed by atoms with E-state index in [0.29, 0.717) is 35.2 Å². The average molecular weight is 319 g/mol. The minimum Gasteiger partial charge on any atom is -0.398 e. The largest absolute Gasteiger partial charge is 0.398 e. The maximum absolute atomic E-state index is 12.3. The van der Waals surface area contributed by atoms with E-state index in [4.69, 9.17) is 22.1 Å². The molecule has 1 amide bonds. The SMILES string of the molecule is COCCCNC(=O)C(C)S(=O)c1ccc(Cl)cc1N. The van der Waals surface area contributed by atoms with E-state index in [-0.39, 0.29) is 5.91 Å². The van der Waals surface area contributed by atoms with Crippen molar-refractivity contribution in [2.24, 2.45) is 0 Å². The smallest absolute Gasteiger partial charge is 0.235 e. The Morgan fingerprint density at radius 1 is 1.55 bits per heavy atom. The van der Waals surface area contributed by atoms with E-state index in [1.807, 2.05) is 0 Å². The zero-order valence-corrected chi connectivity index (χ0v) is 13.1. The van der Waals surface area contributed by atoms with Gasteiger partial charge in [0, 0.05) is 31.0 Å². The number of hydrogen-bond donors (Lipinski definition) is 2. The molecule has 1 aromatic rings. The topological polar surface area (TPSA) is 81.4 Å². The number of nitrogens with one attached hydrogen (secondary N) is 1. The number of carbonyl (C=O) groups excluding carboxylic acids is 1. The van der Waals surface area contributed by atoms with Gasteiger partial charge in [-0.1, -0.05) is 11.6 Å². The lowest BCUT2D eigenvalue weighted by molar-refractivity contribution is -0.120. The van der Waals surface area contributed by atoms with Crippen LogP contribution in [-0.2, 0) is 20.3 Å². The third-order valence-corrected chi connectivity index (χ3v) is 4.60. The van der Waals surface area contributed by atoms with Gasteiger partial charge in [-0.3, -0.25) is 9.00 Å². The van der Waals surface area contributed by atoms with Crippen LogP contribution in [0.4, 0.5) is 5.69 Å². The summed E-state index contributed by atoms with van der Waals surface area (Å²) in [7, 11) is 0.0878. The molecule has 0 heterocycles. The quantitative estimate of drug-likeness (QED) is 0.590. The Bertz CT molecular complexity index is 497. The monoisotopic (exact) mass is 318 g/mol. The summed E-state index contributed by atoms with van der Waals surface area (Å²) in [6.45, 7) is 2.67. The van der Waals surface area contributed by atoms with Crippen molar-refractivity contribution in [3.63, 3.8) is 0 Å². The molecule has 0 spiro atoms. The van der Waals surface area contributed by atoms with Crippen molar-refractivity contribution in [3.05, 3.63) is 23.2 Å². The number of ether oxygens (including phenoxy) is 1. The van der Waals surface area contributed by atoms with Gasteiger partial charge < -0.3 is 15.8 Å². The van der Waals surface area contributed by atoms with Crippen LogP contribution < -0.4 is 11.1 Å². The maximum atomic E-state index is 12.3. The van der Waals surface area contributed by atoms with E-state index in [0.717, 1.165) is 0 Å². The molecule has 0 radical (unpaired) electrons. The zero-order valence-electron chi connectivity index (χ0n) is 11.5. The first-order chi connectivity index (χ1) is 9.47. The second-order valence-electron chi connectivity index (χ2n) is 4.26. The van der Waals surface area contributed by atoms with Crippen LogP contribution in [0.1, 0.15) is 13.3 Å². The van der Waals surface area contributed by atoms with Gasteiger partial charge in [0.15, 0.2) is 0 Å². The van der Waals surface area contributed by atoms with Crippen LogP contribution in [0.5, 0.6) is 0 Å². The van der Waals surface area contributed by atoms with E-state index in [9.17, 15) is 9.00 Å². The molecule has 0 fully saturated rings. The van der Waals surface area contributed by atoms with Crippen molar-refractivity contribution in [2.45, 2.75) is 23.5 Å². The Labute approximate surface area is 126 Å². The zero-order chi connectivity index (χ0) is 15.1. The molecule has 0 saturated carbocycles. The summed E-state index contributed by atoms with van der Waals surface area (Å²) in [6, 6.07) is 4.72. The van der Waals surface area contributed by atoms with Gasteiger partial charge in [-0.05, 0) is 31.5 Å². The fourth-order valence-corrected chi connectivity index (χ4v) is 2.89. The number of hydrogen-bond acceptors (Lipinski definition) is 4. The fraction of sp³-hybridized carbons (Fsp3) is 0.462. The van der Waals surface area contributed by atoms with Gasteiger partial charge in [0.25, 0.3) is 0 Å². The van der Waals surface area contributed by atoms with Gasteiger partial charge in [0.05, 0.1) is 15.7 Å². The highest BCUT2D eigenvalue weighted by atomic mass is 35.5. The summed E-state index contributed by atoms with van der Waals surface area (Å²) in [6.07, 6.45) is 0.713. The minimum absolute atomic E-state index is 0.270. The molecule has 0 aliphatic carbocycles. The lowest BCUT2D eigenvalue weighted by atomic mass is 10.3. The number of benzene rings is 1. The predicted octanol–water partition coefficient (Wildman–Crippen LogP) is 1.57. The van der Waals surface area contributed by atoms with Crippen molar-refractivity contribution in [1.29, 1.82) is 0 Å². The fourth-order valence-electron chi connectivity index (χ4n) is 1.56. The molecule has 0 saturated heterocycles. The molecule has 0 aliphatic rings. The molecule has 1 aromatic carbocycles. The number of nitrogens with two attached hydrogens (primary N) is 1. The first kappa shape index (κ1) is 16.9.